The fourth-order valence-corrected chi connectivity index (χ4v) is 3.45. The smallest absolute Gasteiger partial charge is 0.317 e. The molecule has 1 N–H and O–H groups in total. The Bertz CT molecular complexity index is 351. The van der Waals surface area contributed by atoms with E-state index in [0.717, 1.165) is 19.3 Å². The largest absolute Gasteiger partial charge is 0.429 e. The minimum Gasteiger partial charge on any atom is -0.429 e. The Morgan fingerprint density at radius 2 is 1.25 bits per heavy atom. The Balaban J connectivity index is 1.81. The van der Waals surface area contributed by atoms with Crippen molar-refractivity contribution in [1.29, 1.82) is 0 Å². The maximum Gasteiger partial charge on any atom is 0.317 e. The van der Waals surface area contributed by atoms with Crippen LogP contribution in [-0.2, 0) is 9.53 Å². The minimum absolute atomic E-state index is 0.218. The molecular formula is C21H38O3. The van der Waals surface area contributed by atoms with E-state index in [2.05, 4.69) is 13.5 Å². The molecule has 0 amide bonds. The number of carbonyl (C=O) groups excluding carboxylic acids is 1. The third-order valence-corrected chi connectivity index (χ3v) is 5.11. The van der Waals surface area contributed by atoms with Gasteiger partial charge in [0, 0.05) is 0 Å². The number of unbranched alkanes of at least 4 members (excludes halogenated alkanes) is 13. The lowest BCUT2D eigenvalue weighted by atomic mass is 9.96. The third kappa shape index (κ3) is 8.86. The van der Waals surface area contributed by atoms with Gasteiger partial charge in [0.2, 0.25) is 0 Å². The maximum atomic E-state index is 11.5. The highest BCUT2D eigenvalue weighted by atomic mass is 16.6. The lowest BCUT2D eigenvalue weighted by Gasteiger charge is -2.09. The van der Waals surface area contributed by atoms with Crippen molar-refractivity contribution in [3.8, 4) is 0 Å². The second kappa shape index (κ2) is 13.5. The lowest BCUT2D eigenvalue weighted by molar-refractivity contribution is -0.139. The molecule has 0 radical (unpaired) electrons. The summed E-state index contributed by atoms with van der Waals surface area (Å²) in [6, 6.07) is 0. The van der Waals surface area contributed by atoms with Gasteiger partial charge in [0.1, 0.15) is 11.9 Å². The average Bonchev–Trinajstić information content (AvgIpc) is 2.81. The summed E-state index contributed by atoms with van der Waals surface area (Å²) in [6.07, 6.45) is 18.5. The number of aliphatic hydroxyl groups is 1. The van der Waals surface area contributed by atoms with E-state index >= 15 is 0 Å². The van der Waals surface area contributed by atoms with Crippen LogP contribution >= 0.6 is 0 Å². The summed E-state index contributed by atoms with van der Waals surface area (Å²) < 4.78 is 4.87. The molecule has 0 saturated carbocycles. The summed E-state index contributed by atoms with van der Waals surface area (Å²) in [4.78, 5) is 11.5. The zero-order valence-corrected chi connectivity index (χ0v) is 15.7. The zero-order chi connectivity index (χ0) is 17.6. The molecule has 0 aliphatic carbocycles. The highest BCUT2D eigenvalue weighted by Gasteiger charge is 2.38. The van der Waals surface area contributed by atoms with Gasteiger partial charge in [0.15, 0.2) is 0 Å². The summed E-state index contributed by atoms with van der Waals surface area (Å²) >= 11 is 0. The Morgan fingerprint density at radius 3 is 1.62 bits per heavy atom. The molecule has 1 heterocycles. The molecule has 0 bridgehead atoms. The van der Waals surface area contributed by atoms with Crippen LogP contribution in [0.15, 0.2) is 12.3 Å². The highest BCUT2D eigenvalue weighted by Crippen LogP contribution is 2.28. The quantitative estimate of drug-likeness (QED) is 0.298. The van der Waals surface area contributed by atoms with Crippen LogP contribution in [0, 0.1) is 5.92 Å². The van der Waals surface area contributed by atoms with E-state index in [-0.39, 0.29) is 17.6 Å². The summed E-state index contributed by atoms with van der Waals surface area (Å²) in [7, 11) is 0. The predicted molar refractivity (Wildman–Crippen MR) is 99.7 cm³/mol. The van der Waals surface area contributed by atoms with Crippen LogP contribution in [0.1, 0.15) is 103 Å². The molecule has 0 aromatic carbocycles. The fourth-order valence-electron chi connectivity index (χ4n) is 3.45. The van der Waals surface area contributed by atoms with Crippen LogP contribution in [0.5, 0.6) is 0 Å². The SMILES string of the molecule is C=C1OC(=O)[C@H](CCCCCCCCCCCCCCCC)[C@@H]1O. The Labute approximate surface area is 148 Å². The van der Waals surface area contributed by atoms with Crippen LogP contribution in [0.3, 0.4) is 0 Å². The molecule has 0 spiro atoms. The van der Waals surface area contributed by atoms with Crippen molar-refractivity contribution in [2.75, 3.05) is 0 Å². The number of esters is 1. The van der Waals surface area contributed by atoms with Crippen LogP contribution < -0.4 is 0 Å². The molecule has 3 nitrogen and oxygen atoms in total. The first-order valence-corrected chi connectivity index (χ1v) is 10.3. The lowest BCUT2D eigenvalue weighted by Crippen LogP contribution is -2.19. The highest BCUT2D eigenvalue weighted by molar-refractivity contribution is 5.77. The Hall–Kier alpha value is -0.830. The van der Waals surface area contributed by atoms with E-state index in [0.29, 0.717) is 0 Å². The summed E-state index contributed by atoms with van der Waals surface area (Å²) in [6.45, 7) is 5.83. The Kier molecular flexibility index (Phi) is 11.9. The van der Waals surface area contributed by atoms with Crippen molar-refractivity contribution in [2.24, 2.45) is 5.92 Å². The van der Waals surface area contributed by atoms with Crippen molar-refractivity contribution in [3.63, 3.8) is 0 Å². The normalized spacial score (nSPS) is 20.6. The van der Waals surface area contributed by atoms with Gasteiger partial charge < -0.3 is 9.84 Å². The van der Waals surface area contributed by atoms with Gasteiger partial charge in [-0.25, -0.2) is 0 Å². The van der Waals surface area contributed by atoms with Gasteiger partial charge in [-0.3, -0.25) is 4.79 Å². The molecular weight excluding hydrogens is 300 g/mol. The van der Waals surface area contributed by atoms with E-state index in [1.54, 1.807) is 0 Å². The van der Waals surface area contributed by atoms with Gasteiger partial charge in [0.05, 0.1) is 5.92 Å². The van der Waals surface area contributed by atoms with Gasteiger partial charge >= 0.3 is 5.97 Å². The zero-order valence-electron chi connectivity index (χ0n) is 15.7. The van der Waals surface area contributed by atoms with Crippen molar-refractivity contribution in [3.05, 3.63) is 12.3 Å². The first-order valence-electron chi connectivity index (χ1n) is 10.3. The first-order chi connectivity index (χ1) is 11.7. The second-order valence-electron chi connectivity index (χ2n) is 7.32. The fraction of sp³-hybridized carbons (Fsp3) is 0.857. The topological polar surface area (TPSA) is 46.5 Å². The van der Waals surface area contributed by atoms with Crippen molar-refractivity contribution in [1.82, 2.24) is 0 Å². The summed E-state index contributed by atoms with van der Waals surface area (Å²) in [5.74, 6) is -0.465. The standard InChI is InChI=1S/C21H38O3/c1-3-4-5-6-7-8-9-10-11-12-13-14-15-16-17-19-20(22)18(2)24-21(19)23/h19-20,22H,2-17H2,1H3/t19-,20-/m1/s1. The molecule has 0 aromatic heterocycles. The first kappa shape index (κ1) is 21.2. The Morgan fingerprint density at radius 1 is 0.833 bits per heavy atom. The summed E-state index contributed by atoms with van der Waals surface area (Å²) in [5, 5.41) is 9.79. The molecule has 2 atom stereocenters. The molecule has 1 aliphatic rings. The van der Waals surface area contributed by atoms with E-state index in [4.69, 9.17) is 4.74 Å². The van der Waals surface area contributed by atoms with Crippen LogP contribution in [0.4, 0.5) is 0 Å². The number of ether oxygens (including phenoxy) is 1. The van der Waals surface area contributed by atoms with Gasteiger partial charge in [0.25, 0.3) is 0 Å². The minimum atomic E-state index is -0.792. The van der Waals surface area contributed by atoms with E-state index in [9.17, 15) is 9.90 Å². The van der Waals surface area contributed by atoms with Crippen molar-refractivity contribution in [2.45, 2.75) is 109 Å². The van der Waals surface area contributed by atoms with Gasteiger partial charge in [-0.2, -0.15) is 0 Å². The molecule has 0 aromatic rings. The van der Waals surface area contributed by atoms with Crippen molar-refractivity contribution >= 4 is 5.97 Å². The van der Waals surface area contributed by atoms with E-state index in [1.165, 1.54) is 77.0 Å². The molecule has 140 valence electrons. The number of hydrogen-bond acceptors (Lipinski definition) is 3. The molecule has 1 rings (SSSR count). The van der Waals surface area contributed by atoms with Gasteiger partial charge in [-0.05, 0) is 6.42 Å². The van der Waals surface area contributed by atoms with E-state index in [1.807, 2.05) is 0 Å². The predicted octanol–water partition coefficient (Wildman–Crippen LogP) is 5.91. The molecule has 1 fully saturated rings. The monoisotopic (exact) mass is 338 g/mol. The van der Waals surface area contributed by atoms with Crippen LogP contribution in [0.2, 0.25) is 0 Å². The molecule has 0 unspecified atom stereocenters. The average molecular weight is 339 g/mol. The molecule has 1 saturated heterocycles. The van der Waals surface area contributed by atoms with Crippen LogP contribution in [-0.4, -0.2) is 17.2 Å². The third-order valence-electron chi connectivity index (χ3n) is 5.11. The second-order valence-corrected chi connectivity index (χ2v) is 7.32. The maximum absolute atomic E-state index is 11.5. The number of hydrogen-bond donors (Lipinski definition) is 1. The van der Waals surface area contributed by atoms with E-state index < -0.39 is 6.10 Å². The van der Waals surface area contributed by atoms with Gasteiger partial charge in [-0.1, -0.05) is 103 Å². The van der Waals surface area contributed by atoms with Gasteiger partial charge in [-0.15, -0.1) is 0 Å². The number of cyclic esters (lactones) is 1. The van der Waals surface area contributed by atoms with Crippen LogP contribution in [0.25, 0.3) is 0 Å². The summed E-state index contributed by atoms with van der Waals surface area (Å²) in [5.41, 5.74) is 0. The number of rotatable bonds is 15. The molecule has 1 aliphatic heterocycles. The molecule has 3 heteroatoms. The molecule has 24 heavy (non-hydrogen) atoms. The number of aliphatic hydroxyl groups excluding tert-OH is 1. The number of carbonyl (C=O) groups is 1. The van der Waals surface area contributed by atoms with Crippen molar-refractivity contribution < 1.29 is 14.6 Å².